The molecule has 3 heteroatoms. The standard InChI is InChI=1S/C13H26N2O/c1-6-7-11(2)10-13(3,4)12(16)15-9-8-14-5/h6,11,14H,1,7-10H2,2-5H3,(H,15,16). The Kier molecular flexibility index (Phi) is 7.06. The molecule has 0 aromatic carbocycles. The number of rotatable bonds is 8. The van der Waals surface area contributed by atoms with Crippen LogP contribution in [-0.2, 0) is 4.79 Å². The summed E-state index contributed by atoms with van der Waals surface area (Å²) < 4.78 is 0. The van der Waals surface area contributed by atoms with Crippen LogP contribution in [0.2, 0.25) is 0 Å². The molecule has 0 aliphatic rings. The van der Waals surface area contributed by atoms with Crippen LogP contribution in [0.5, 0.6) is 0 Å². The molecule has 2 N–H and O–H groups in total. The summed E-state index contributed by atoms with van der Waals surface area (Å²) in [5, 5.41) is 5.95. The van der Waals surface area contributed by atoms with Gasteiger partial charge in [0.1, 0.15) is 0 Å². The van der Waals surface area contributed by atoms with Gasteiger partial charge in [-0.1, -0.05) is 26.8 Å². The maximum absolute atomic E-state index is 11.9. The Labute approximate surface area is 99.7 Å². The first kappa shape index (κ1) is 15.2. The van der Waals surface area contributed by atoms with Gasteiger partial charge >= 0.3 is 0 Å². The zero-order valence-electron chi connectivity index (χ0n) is 11.1. The van der Waals surface area contributed by atoms with Crippen molar-refractivity contribution in [1.82, 2.24) is 10.6 Å². The van der Waals surface area contributed by atoms with Crippen LogP contribution in [-0.4, -0.2) is 26.0 Å². The summed E-state index contributed by atoms with van der Waals surface area (Å²) >= 11 is 0. The van der Waals surface area contributed by atoms with Crippen LogP contribution in [0.1, 0.15) is 33.6 Å². The maximum atomic E-state index is 11.9. The molecule has 1 unspecified atom stereocenters. The van der Waals surface area contributed by atoms with Crippen LogP contribution in [0.4, 0.5) is 0 Å². The van der Waals surface area contributed by atoms with E-state index in [0.717, 1.165) is 19.4 Å². The fourth-order valence-corrected chi connectivity index (χ4v) is 1.87. The van der Waals surface area contributed by atoms with E-state index in [1.165, 1.54) is 0 Å². The molecule has 16 heavy (non-hydrogen) atoms. The summed E-state index contributed by atoms with van der Waals surface area (Å²) in [6, 6.07) is 0. The molecule has 1 atom stereocenters. The van der Waals surface area contributed by atoms with Gasteiger partial charge in [0, 0.05) is 18.5 Å². The highest BCUT2D eigenvalue weighted by Gasteiger charge is 2.28. The predicted molar refractivity (Wildman–Crippen MR) is 69.3 cm³/mol. The monoisotopic (exact) mass is 226 g/mol. The van der Waals surface area contributed by atoms with Crippen LogP contribution in [0, 0.1) is 11.3 Å². The van der Waals surface area contributed by atoms with E-state index in [2.05, 4.69) is 24.1 Å². The van der Waals surface area contributed by atoms with E-state index in [9.17, 15) is 4.79 Å². The predicted octanol–water partition coefficient (Wildman–Crippen LogP) is 1.95. The van der Waals surface area contributed by atoms with Crippen LogP contribution < -0.4 is 10.6 Å². The van der Waals surface area contributed by atoms with Crippen molar-refractivity contribution in [3.8, 4) is 0 Å². The Morgan fingerprint density at radius 1 is 1.44 bits per heavy atom. The largest absolute Gasteiger partial charge is 0.354 e. The maximum Gasteiger partial charge on any atom is 0.225 e. The van der Waals surface area contributed by atoms with E-state index in [1.807, 2.05) is 27.0 Å². The molecule has 94 valence electrons. The molecule has 0 aliphatic heterocycles. The normalized spacial score (nSPS) is 13.2. The van der Waals surface area contributed by atoms with Gasteiger partial charge in [0.2, 0.25) is 5.91 Å². The Morgan fingerprint density at radius 3 is 2.56 bits per heavy atom. The van der Waals surface area contributed by atoms with Gasteiger partial charge in [-0.25, -0.2) is 0 Å². The minimum atomic E-state index is -0.295. The van der Waals surface area contributed by atoms with Gasteiger partial charge in [-0.05, 0) is 25.8 Å². The Morgan fingerprint density at radius 2 is 2.06 bits per heavy atom. The number of amides is 1. The van der Waals surface area contributed by atoms with Crippen molar-refractivity contribution in [1.29, 1.82) is 0 Å². The number of carbonyl (C=O) groups excluding carboxylic acids is 1. The Bertz CT molecular complexity index is 224. The molecule has 0 saturated carbocycles. The third-order valence-corrected chi connectivity index (χ3v) is 2.70. The lowest BCUT2D eigenvalue weighted by Crippen LogP contribution is -2.40. The van der Waals surface area contributed by atoms with E-state index in [-0.39, 0.29) is 11.3 Å². The van der Waals surface area contributed by atoms with Crippen LogP contribution in [0.25, 0.3) is 0 Å². The number of carbonyl (C=O) groups is 1. The highest BCUT2D eigenvalue weighted by Crippen LogP contribution is 2.27. The lowest BCUT2D eigenvalue weighted by atomic mass is 9.81. The molecular formula is C13H26N2O. The highest BCUT2D eigenvalue weighted by molar-refractivity contribution is 5.81. The fourth-order valence-electron chi connectivity index (χ4n) is 1.87. The SMILES string of the molecule is C=CCC(C)CC(C)(C)C(=O)NCCNC. The molecule has 0 fully saturated rings. The molecule has 0 spiro atoms. The third-order valence-electron chi connectivity index (χ3n) is 2.70. The van der Waals surface area contributed by atoms with Crippen molar-refractivity contribution >= 4 is 5.91 Å². The number of nitrogens with one attached hydrogen (secondary N) is 2. The summed E-state index contributed by atoms with van der Waals surface area (Å²) in [5.41, 5.74) is -0.295. The molecular weight excluding hydrogens is 200 g/mol. The Hall–Kier alpha value is -0.830. The van der Waals surface area contributed by atoms with Crippen LogP contribution in [0.3, 0.4) is 0 Å². The quantitative estimate of drug-likeness (QED) is 0.490. The molecule has 0 bridgehead atoms. The number of hydrogen-bond acceptors (Lipinski definition) is 2. The topological polar surface area (TPSA) is 41.1 Å². The van der Waals surface area contributed by atoms with Crippen molar-refractivity contribution in [3.63, 3.8) is 0 Å². The molecule has 0 rings (SSSR count). The molecule has 0 heterocycles. The smallest absolute Gasteiger partial charge is 0.225 e. The average molecular weight is 226 g/mol. The van der Waals surface area contributed by atoms with Gasteiger partial charge < -0.3 is 10.6 Å². The molecule has 0 aromatic heterocycles. The number of allylic oxidation sites excluding steroid dienone is 1. The second-order valence-corrected chi connectivity index (χ2v) is 5.08. The van der Waals surface area contributed by atoms with Gasteiger partial charge in [0.25, 0.3) is 0 Å². The minimum absolute atomic E-state index is 0.138. The first-order chi connectivity index (χ1) is 7.44. The van der Waals surface area contributed by atoms with Gasteiger partial charge in [0.05, 0.1) is 0 Å². The van der Waals surface area contributed by atoms with Crippen LogP contribution >= 0.6 is 0 Å². The zero-order valence-corrected chi connectivity index (χ0v) is 11.1. The summed E-state index contributed by atoms with van der Waals surface area (Å²) in [7, 11) is 1.88. The zero-order chi connectivity index (χ0) is 12.6. The minimum Gasteiger partial charge on any atom is -0.354 e. The van der Waals surface area contributed by atoms with E-state index in [4.69, 9.17) is 0 Å². The van der Waals surface area contributed by atoms with E-state index in [0.29, 0.717) is 12.5 Å². The molecule has 0 aliphatic carbocycles. The van der Waals surface area contributed by atoms with E-state index < -0.39 is 0 Å². The summed E-state index contributed by atoms with van der Waals surface area (Å²) in [5.74, 6) is 0.640. The highest BCUT2D eigenvalue weighted by atomic mass is 16.2. The van der Waals surface area contributed by atoms with Crippen molar-refractivity contribution in [2.24, 2.45) is 11.3 Å². The number of hydrogen-bond donors (Lipinski definition) is 2. The van der Waals surface area contributed by atoms with E-state index >= 15 is 0 Å². The van der Waals surface area contributed by atoms with Gasteiger partial charge in [-0.3, -0.25) is 4.79 Å². The number of likely N-dealkylation sites (N-methyl/N-ethyl adjacent to an activating group) is 1. The van der Waals surface area contributed by atoms with Crippen molar-refractivity contribution < 1.29 is 4.79 Å². The second-order valence-electron chi connectivity index (χ2n) is 5.08. The van der Waals surface area contributed by atoms with Gasteiger partial charge in [-0.15, -0.1) is 6.58 Å². The summed E-state index contributed by atoms with van der Waals surface area (Å²) in [6.45, 7) is 11.4. The molecule has 0 aromatic rings. The van der Waals surface area contributed by atoms with Crippen molar-refractivity contribution in [3.05, 3.63) is 12.7 Å². The molecule has 0 saturated heterocycles. The van der Waals surface area contributed by atoms with Crippen molar-refractivity contribution in [2.75, 3.05) is 20.1 Å². The first-order valence-electron chi connectivity index (χ1n) is 5.98. The Balaban J connectivity index is 4.08. The summed E-state index contributed by atoms with van der Waals surface area (Å²) in [4.78, 5) is 11.9. The van der Waals surface area contributed by atoms with Crippen LogP contribution in [0.15, 0.2) is 12.7 Å². The van der Waals surface area contributed by atoms with Crippen molar-refractivity contribution in [2.45, 2.75) is 33.6 Å². The molecule has 1 amide bonds. The van der Waals surface area contributed by atoms with E-state index in [1.54, 1.807) is 0 Å². The molecule has 3 nitrogen and oxygen atoms in total. The lowest BCUT2D eigenvalue weighted by Gasteiger charge is -2.26. The average Bonchev–Trinajstić information content (AvgIpc) is 2.17. The summed E-state index contributed by atoms with van der Waals surface area (Å²) in [6.07, 6.45) is 3.78. The van der Waals surface area contributed by atoms with Gasteiger partial charge in [-0.2, -0.15) is 0 Å². The third kappa shape index (κ3) is 5.91. The van der Waals surface area contributed by atoms with Gasteiger partial charge in [0.15, 0.2) is 0 Å². The first-order valence-corrected chi connectivity index (χ1v) is 5.98. The fraction of sp³-hybridized carbons (Fsp3) is 0.769. The second kappa shape index (κ2) is 7.44. The lowest BCUT2D eigenvalue weighted by molar-refractivity contribution is -0.130. The molecule has 0 radical (unpaired) electrons.